The van der Waals surface area contributed by atoms with E-state index in [2.05, 4.69) is 5.32 Å². The number of carbonyl (C=O) groups excluding carboxylic acids is 2. The highest BCUT2D eigenvalue weighted by Crippen LogP contribution is 2.13. The fourth-order valence-electron chi connectivity index (χ4n) is 2.05. The minimum absolute atomic E-state index is 0.102. The van der Waals surface area contributed by atoms with Gasteiger partial charge in [0.1, 0.15) is 11.5 Å². The molecule has 0 bridgehead atoms. The van der Waals surface area contributed by atoms with Crippen LogP contribution in [0.5, 0.6) is 11.5 Å². The van der Waals surface area contributed by atoms with Crippen molar-refractivity contribution in [1.82, 2.24) is 5.32 Å². The summed E-state index contributed by atoms with van der Waals surface area (Å²) in [6.45, 7) is 2.38. The molecule has 0 atom stereocenters. The zero-order valence-electron chi connectivity index (χ0n) is 14.3. The molecule has 0 aliphatic heterocycles. The molecular weight excluding hydrogens is 322 g/mol. The summed E-state index contributed by atoms with van der Waals surface area (Å²) in [4.78, 5) is 23.4. The van der Waals surface area contributed by atoms with Crippen LogP contribution < -0.4 is 14.8 Å². The second kappa shape index (κ2) is 9.32. The highest BCUT2D eigenvalue weighted by atomic mass is 16.5. The summed E-state index contributed by atoms with van der Waals surface area (Å²) in [5, 5.41) is 2.77. The van der Waals surface area contributed by atoms with Gasteiger partial charge >= 0.3 is 5.97 Å². The number of methoxy groups -OCH3 is 1. The van der Waals surface area contributed by atoms with Gasteiger partial charge in [-0.1, -0.05) is 12.1 Å². The third kappa shape index (κ3) is 5.84. The quantitative estimate of drug-likeness (QED) is 0.746. The van der Waals surface area contributed by atoms with Gasteiger partial charge < -0.3 is 19.5 Å². The van der Waals surface area contributed by atoms with Crippen LogP contribution >= 0.6 is 0 Å². The molecule has 2 rings (SSSR count). The highest BCUT2D eigenvalue weighted by molar-refractivity contribution is 5.89. The SMILES string of the molecule is CCOC(=O)c1ccc(OCC(=O)NCc2ccc(OC)cc2)cc1. The lowest BCUT2D eigenvalue weighted by Gasteiger charge is -2.09. The zero-order chi connectivity index (χ0) is 18.1. The van der Waals surface area contributed by atoms with E-state index in [-0.39, 0.29) is 18.5 Å². The van der Waals surface area contributed by atoms with Crippen LogP contribution in [0.25, 0.3) is 0 Å². The van der Waals surface area contributed by atoms with Gasteiger partial charge in [-0.3, -0.25) is 4.79 Å². The third-order valence-corrected chi connectivity index (χ3v) is 3.38. The standard InChI is InChI=1S/C19H21NO5/c1-3-24-19(22)15-6-10-17(11-7-15)25-13-18(21)20-12-14-4-8-16(23-2)9-5-14/h4-11H,3,12-13H2,1-2H3,(H,20,21). The van der Waals surface area contributed by atoms with Crippen molar-refractivity contribution in [2.45, 2.75) is 13.5 Å². The maximum atomic E-state index is 11.8. The van der Waals surface area contributed by atoms with Crippen molar-refractivity contribution in [3.05, 3.63) is 59.7 Å². The molecule has 6 nitrogen and oxygen atoms in total. The molecular formula is C19H21NO5. The Hall–Kier alpha value is -3.02. The fourth-order valence-corrected chi connectivity index (χ4v) is 2.05. The van der Waals surface area contributed by atoms with Crippen molar-refractivity contribution in [3.63, 3.8) is 0 Å². The summed E-state index contributed by atoms with van der Waals surface area (Å²) < 4.78 is 15.4. The lowest BCUT2D eigenvalue weighted by Crippen LogP contribution is -2.28. The molecule has 0 aliphatic carbocycles. The van der Waals surface area contributed by atoms with Crippen molar-refractivity contribution in [1.29, 1.82) is 0 Å². The summed E-state index contributed by atoms with van der Waals surface area (Å²) in [6.07, 6.45) is 0. The van der Waals surface area contributed by atoms with Crippen LogP contribution in [-0.2, 0) is 16.1 Å². The summed E-state index contributed by atoms with van der Waals surface area (Å²) >= 11 is 0. The second-order valence-electron chi connectivity index (χ2n) is 5.16. The van der Waals surface area contributed by atoms with E-state index in [9.17, 15) is 9.59 Å². The molecule has 1 amide bonds. The summed E-state index contributed by atoms with van der Waals surface area (Å²) in [7, 11) is 1.60. The van der Waals surface area contributed by atoms with Crippen molar-refractivity contribution in [2.24, 2.45) is 0 Å². The number of rotatable bonds is 8. The van der Waals surface area contributed by atoms with E-state index in [0.29, 0.717) is 24.5 Å². The van der Waals surface area contributed by atoms with Crippen molar-refractivity contribution in [3.8, 4) is 11.5 Å². The Morgan fingerprint density at radius 1 is 0.960 bits per heavy atom. The molecule has 25 heavy (non-hydrogen) atoms. The smallest absolute Gasteiger partial charge is 0.338 e. The highest BCUT2D eigenvalue weighted by Gasteiger charge is 2.07. The number of esters is 1. The van der Waals surface area contributed by atoms with E-state index >= 15 is 0 Å². The topological polar surface area (TPSA) is 73.9 Å². The maximum absolute atomic E-state index is 11.8. The van der Waals surface area contributed by atoms with Crippen molar-refractivity contribution < 1.29 is 23.8 Å². The van der Waals surface area contributed by atoms with Gasteiger partial charge in [-0.05, 0) is 48.9 Å². The molecule has 2 aromatic rings. The van der Waals surface area contributed by atoms with E-state index in [1.165, 1.54) is 0 Å². The number of amides is 1. The van der Waals surface area contributed by atoms with E-state index < -0.39 is 0 Å². The van der Waals surface area contributed by atoms with E-state index in [4.69, 9.17) is 14.2 Å². The van der Waals surface area contributed by atoms with Gasteiger partial charge in [0.25, 0.3) is 5.91 Å². The number of carbonyl (C=O) groups is 2. The van der Waals surface area contributed by atoms with Crippen molar-refractivity contribution in [2.75, 3.05) is 20.3 Å². The Morgan fingerprint density at radius 3 is 2.20 bits per heavy atom. The molecule has 6 heteroatoms. The Balaban J connectivity index is 1.76. The van der Waals surface area contributed by atoms with Crippen LogP contribution in [0.1, 0.15) is 22.8 Å². The van der Waals surface area contributed by atoms with Crippen LogP contribution in [0.3, 0.4) is 0 Å². The average molecular weight is 343 g/mol. The molecule has 0 aliphatic rings. The number of hydrogen-bond acceptors (Lipinski definition) is 5. The first-order chi connectivity index (χ1) is 12.1. The predicted molar refractivity (Wildman–Crippen MR) is 92.7 cm³/mol. The van der Waals surface area contributed by atoms with E-state index in [1.54, 1.807) is 38.3 Å². The maximum Gasteiger partial charge on any atom is 0.338 e. The Labute approximate surface area is 146 Å². The van der Waals surface area contributed by atoms with Crippen molar-refractivity contribution >= 4 is 11.9 Å². The predicted octanol–water partition coefficient (Wildman–Crippen LogP) is 2.57. The van der Waals surface area contributed by atoms with Gasteiger partial charge in [0.05, 0.1) is 19.3 Å². The second-order valence-corrected chi connectivity index (χ2v) is 5.16. The third-order valence-electron chi connectivity index (χ3n) is 3.38. The van der Waals surface area contributed by atoms with Crippen LogP contribution in [0, 0.1) is 0 Å². The lowest BCUT2D eigenvalue weighted by atomic mass is 10.2. The van der Waals surface area contributed by atoms with Gasteiger partial charge in [0.2, 0.25) is 0 Å². The Kier molecular flexibility index (Phi) is 6.83. The summed E-state index contributed by atoms with van der Waals surface area (Å²) in [5.74, 6) is 0.661. The normalized spacial score (nSPS) is 10.0. The molecule has 0 heterocycles. The molecule has 0 radical (unpaired) electrons. The minimum atomic E-state index is -0.383. The molecule has 132 valence electrons. The number of hydrogen-bond donors (Lipinski definition) is 1. The van der Waals surface area contributed by atoms with Crippen LogP contribution in [-0.4, -0.2) is 32.2 Å². The van der Waals surface area contributed by atoms with E-state index in [0.717, 1.165) is 11.3 Å². The van der Waals surface area contributed by atoms with E-state index in [1.807, 2.05) is 24.3 Å². The molecule has 1 N–H and O–H groups in total. The Bertz CT molecular complexity index is 695. The van der Waals surface area contributed by atoms with Gasteiger partial charge in [0.15, 0.2) is 6.61 Å². The molecule has 0 spiro atoms. The van der Waals surface area contributed by atoms with Gasteiger partial charge in [-0.2, -0.15) is 0 Å². The number of nitrogens with one attached hydrogen (secondary N) is 1. The van der Waals surface area contributed by atoms with Crippen LogP contribution in [0.15, 0.2) is 48.5 Å². The van der Waals surface area contributed by atoms with Gasteiger partial charge in [-0.25, -0.2) is 4.79 Å². The first-order valence-electron chi connectivity index (χ1n) is 7.92. The lowest BCUT2D eigenvalue weighted by molar-refractivity contribution is -0.123. The molecule has 2 aromatic carbocycles. The molecule has 0 aromatic heterocycles. The molecule has 0 saturated carbocycles. The summed E-state index contributed by atoms with van der Waals surface area (Å²) in [5.41, 5.74) is 1.41. The van der Waals surface area contributed by atoms with Gasteiger partial charge in [0, 0.05) is 6.54 Å². The fraction of sp³-hybridized carbons (Fsp3) is 0.263. The average Bonchev–Trinajstić information content (AvgIpc) is 2.65. The largest absolute Gasteiger partial charge is 0.497 e. The number of benzene rings is 2. The molecule has 0 saturated heterocycles. The summed E-state index contributed by atoms with van der Waals surface area (Å²) in [6, 6.07) is 13.9. The monoisotopic (exact) mass is 343 g/mol. The first kappa shape index (κ1) is 18.3. The first-order valence-corrected chi connectivity index (χ1v) is 7.92. The molecule has 0 fully saturated rings. The Morgan fingerprint density at radius 2 is 1.60 bits per heavy atom. The number of ether oxygens (including phenoxy) is 3. The van der Waals surface area contributed by atoms with Crippen LogP contribution in [0.2, 0.25) is 0 Å². The minimum Gasteiger partial charge on any atom is -0.497 e. The van der Waals surface area contributed by atoms with Gasteiger partial charge in [-0.15, -0.1) is 0 Å². The van der Waals surface area contributed by atoms with Crippen LogP contribution in [0.4, 0.5) is 0 Å². The molecule has 0 unspecified atom stereocenters. The zero-order valence-corrected chi connectivity index (χ0v) is 14.3.